The van der Waals surface area contributed by atoms with E-state index in [0.29, 0.717) is 10.6 Å². The van der Waals surface area contributed by atoms with E-state index in [9.17, 15) is 9.59 Å². The number of methoxy groups -OCH3 is 2. The highest BCUT2D eigenvalue weighted by molar-refractivity contribution is 7.12. The van der Waals surface area contributed by atoms with Crippen molar-refractivity contribution in [1.29, 1.82) is 0 Å². The van der Waals surface area contributed by atoms with Gasteiger partial charge in [0.05, 0.1) is 19.1 Å². The molecular weight excluding hydrogens is 230 g/mol. The zero-order valence-electron chi connectivity index (χ0n) is 9.27. The highest BCUT2D eigenvalue weighted by Crippen LogP contribution is 2.20. The molecule has 1 aromatic heterocycles. The first-order chi connectivity index (χ1) is 7.58. The summed E-state index contributed by atoms with van der Waals surface area (Å²) in [6.45, 7) is 1.56. The number of hydrogen-bond donors (Lipinski definition) is 1. The SMILES string of the molecule is COC(=O)C(C)NC(=O)c1cc(OC)cs1. The van der Waals surface area contributed by atoms with Crippen molar-refractivity contribution in [1.82, 2.24) is 5.32 Å². The fraction of sp³-hybridized carbons (Fsp3) is 0.400. The Labute approximate surface area is 97.4 Å². The molecule has 88 valence electrons. The van der Waals surface area contributed by atoms with Crippen molar-refractivity contribution < 1.29 is 19.1 Å². The minimum absolute atomic E-state index is 0.314. The van der Waals surface area contributed by atoms with E-state index < -0.39 is 12.0 Å². The minimum Gasteiger partial charge on any atom is -0.496 e. The van der Waals surface area contributed by atoms with Crippen LogP contribution in [0.15, 0.2) is 11.4 Å². The van der Waals surface area contributed by atoms with E-state index >= 15 is 0 Å². The molecule has 5 nitrogen and oxygen atoms in total. The lowest BCUT2D eigenvalue weighted by atomic mass is 10.3. The van der Waals surface area contributed by atoms with E-state index in [1.807, 2.05) is 0 Å². The van der Waals surface area contributed by atoms with Gasteiger partial charge in [-0.15, -0.1) is 11.3 Å². The van der Waals surface area contributed by atoms with Crippen LogP contribution < -0.4 is 10.1 Å². The molecule has 0 aliphatic heterocycles. The van der Waals surface area contributed by atoms with Gasteiger partial charge in [0, 0.05) is 11.4 Å². The minimum atomic E-state index is -0.661. The van der Waals surface area contributed by atoms with Gasteiger partial charge < -0.3 is 14.8 Å². The lowest BCUT2D eigenvalue weighted by molar-refractivity contribution is -0.142. The Morgan fingerprint density at radius 1 is 1.44 bits per heavy atom. The Balaban J connectivity index is 2.61. The molecule has 16 heavy (non-hydrogen) atoms. The van der Waals surface area contributed by atoms with Crippen molar-refractivity contribution in [3.8, 4) is 5.75 Å². The van der Waals surface area contributed by atoms with Gasteiger partial charge in [-0.05, 0) is 6.92 Å². The van der Waals surface area contributed by atoms with Crippen molar-refractivity contribution in [2.75, 3.05) is 14.2 Å². The summed E-state index contributed by atoms with van der Waals surface area (Å²) >= 11 is 1.25. The molecule has 0 radical (unpaired) electrons. The number of carbonyl (C=O) groups excluding carboxylic acids is 2. The number of ether oxygens (including phenoxy) is 2. The van der Waals surface area contributed by atoms with Crippen LogP contribution in [0.25, 0.3) is 0 Å². The van der Waals surface area contributed by atoms with Crippen molar-refractivity contribution in [3.05, 3.63) is 16.3 Å². The molecule has 0 saturated carbocycles. The fourth-order valence-corrected chi connectivity index (χ4v) is 1.81. The van der Waals surface area contributed by atoms with Crippen LogP contribution in [0.5, 0.6) is 5.75 Å². The predicted octanol–water partition coefficient (Wildman–Crippen LogP) is 1.05. The molecule has 1 N–H and O–H groups in total. The molecule has 0 bridgehead atoms. The first kappa shape index (κ1) is 12.5. The fourth-order valence-electron chi connectivity index (χ4n) is 1.05. The van der Waals surface area contributed by atoms with Gasteiger partial charge in [0.15, 0.2) is 0 Å². The Morgan fingerprint density at radius 3 is 2.62 bits per heavy atom. The number of hydrogen-bond acceptors (Lipinski definition) is 5. The predicted molar refractivity (Wildman–Crippen MR) is 59.8 cm³/mol. The Kier molecular flexibility index (Phi) is 4.30. The zero-order valence-corrected chi connectivity index (χ0v) is 10.1. The third-order valence-electron chi connectivity index (χ3n) is 1.94. The molecular formula is C10H13NO4S. The molecule has 0 aromatic carbocycles. The average molecular weight is 243 g/mol. The van der Waals surface area contributed by atoms with Crippen molar-refractivity contribution >= 4 is 23.2 Å². The molecule has 0 aliphatic rings. The summed E-state index contributed by atoms with van der Waals surface area (Å²) in [6, 6.07) is 0.954. The van der Waals surface area contributed by atoms with E-state index in [2.05, 4.69) is 10.1 Å². The maximum atomic E-state index is 11.6. The Hall–Kier alpha value is -1.56. The lowest BCUT2D eigenvalue weighted by Crippen LogP contribution is -2.38. The molecule has 0 saturated heterocycles. The number of thiophene rings is 1. The highest BCUT2D eigenvalue weighted by atomic mass is 32.1. The summed E-state index contributed by atoms with van der Waals surface area (Å²) in [7, 11) is 2.81. The first-order valence-electron chi connectivity index (χ1n) is 4.59. The van der Waals surface area contributed by atoms with Crippen LogP contribution >= 0.6 is 11.3 Å². The van der Waals surface area contributed by atoms with Crippen LogP contribution in [0.2, 0.25) is 0 Å². The molecule has 6 heteroatoms. The van der Waals surface area contributed by atoms with E-state index in [1.165, 1.54) is 25.6 Å². The normalized spacial score (nSPS) is 11.7. The van der Waals surface area contributed by atoms with Gasteiger partial charge in [0.1, 0.15) is 11.8 Å². The monoisotopic (exact) mass is 243 g/mol. The molecule has 0 spiro atoms. The second-order valence-corrected chi connectivity index (χ2v) is 3.98. The zero-order chi connectivity index (χ0) is 12.1. The Bertz CT molecular complexity index is 388. The van der Waals surface area contributed by atoms with Crippen molar-refractivity contribution in [3.63, 3.8) is 0 Å². The van der Waals surface area contributed by atoms with Crippen molar-refractivity contribution in [2.45, 2.75) is 13.0 Å². The first-order valence-corrected chi connectivity index (χ1v) is 5.47. The summed E-state index contributed by atoms with van der Waals surface area (Å²) < 4.78 is 9.46. The van der Waals surface area contributed by atoms with Crippen LogP contribution in [-0.2, 0) is 9.53 Å². The summed E-state index contributed by atoms with van der Waals surface area (Å²) in [5, 5.41) is 4.25. The third kappa shape index (κ3) is 2.96. The quantitative estimate of drug-likeness (QED) is 0.803. The van der Waals surface area contributed by atoms with Gasteiger partial charge in [-0.3, -0.25) is 4.79 Å². The average Bonchev–Trinajstić information content (AvgIpc) is 2.76. The molecule has 1 heterocycles. The second kappa shape index (κ2) is 5.50. The van der Waals surface area contributed by atoms with Gasteiger partial charge >= 0.3 is 5.97 Å². The van der Waals surface area contributed by atoms with E-state index in [1.54, 1.807) is 18.4 Å². The molecule has 1 atom stereocenters. The maximum absolute atomic E-state index is 11.6. The Morgan fingerprint density at radius 2 is 2.12 bits per heavy atom. The van der Waals surface area contributed by atoms with Crippen LogP contribution in [0.1, 0.15) is 16.6 Å². The second-order valence-electron chi connectivity index (χ2n) is 3.07. The number of nitrogens with one attached hydrogen (secondary N) is 1. The largest absolute Gasteiger partial charge is 0.496 e. The van der Waals surface area contributed by atoms with Crippen molar-refractivity contribution in [2.24, 2.45) is 0 Å². The van der Waals surface area contributed by atoms with E-state index in [-0.39, 0.29) is 5.91 Å². The van der Waals surface area contributed by atoms with E-state index in [4.69, 9.17) is 4.74 Å². The summed E-state index contributed by atoms with van der Waals surface area (Å²) in [5.41, 5.74) is 0. The topological polar surface area (TPSA) is 64.6 Å². The van der Waals surface area contributed by atoms with Gasteiger partial charge in [0.2, 0.25) is 0 Å². The summed E-state index contributed by atoms with van der Waals surface area (Å²) in [6.07, 6.45) is 0. The van der Waals surface area contributed by atoms with Gasteiger partial charge in [-0.2, -0.15) is 0 Å². The summed E-state index contributed by atoms with van der Waals surface area (Å²) in [5.74, 6) is -0.163. The molecule has 1 unspecified atom stereocenters. The molecule has 0 aliphatic carbocycles. The number of carbonyl (C=O) groups is 2. The maximum Gasteiger partial charge on any atom is 0.328 e. The van der Waals surface area contributed by atoms with Gasteiger partial charge in [-0.1, -0.05) is 0 Å². The molecule has 1 rings (SSSR count). The number of rotatable bonds is 4. The van der Waals surface area contributed by atoms with Gasteiger partial charge in [-0.25, -0.2) is 4.79 Å². The molecule has 1 aromatic rings. The van der Waals surface area contributed by atoms with Crippen LogP contribution in [0.3, 0.4) is 0 Å². The summed E-state index contributed by atoms with van der Waals surface area (Å²) in [4.78, 5) is 23.2. The van der Waals surface area contributed by atoms with Crippen LogP contribution in [0.4, 0.5) is 0 Å². The molecule has 1 amide bonds. The number of esters is 1. The van der Waals surface area contributed by atoms with Crippen LogP contribution in [-0.4, -0.2) is 32.1 Å². The lowest BCUT2D eigenvalue weighted by Gasteiger charge is -2.10. The highest BCUT2D eigenvalue weighted by Gasteiger charge is 2.18. The molecule has 0 fully saturated rings. The van der Waals surface area contributed by atoms with Gasteiger partial charge in [0.25, 0.3) is 5.91 Å². The van der Waals surface area contributed by atoms with Crippen LogP contribution in [0, 0.1) is 0 Å². The smallest absolute Gasteiger partial charge is 0.328 e. The number of amides is 1. The van der Waals surface area contributed by atoms with E-state index in [0.717, 1.165) is 0 Å². The third-order valence-corrected chi connectivity index (χ3v) is 2.84. The standard InChI is InChI=1S/C10H13NO4S/c1-6(10(13)15-3)11-9(12)8-4-7(14-2)5-16-8/h4-6H,1-3H3,(H,11,12).